The van der Waals surface area contributed by atoms with Crippen LogP contribution in [0.2, 0.25) is 0 Å². The van der Waals surface area contributed by atoms with Gasteiger partial charge in [0.15, 0.2) is 10.9 Å². The summed E-state index contributed by atoms with van der Waals surface area (Å²) in [5.41, 5.74) is 1.21. The zero-order chi connectivity index (χ0) is 20.9. The van der Waals surface area contributed by atoms with Crippen molar-refractivity contribution in [3.05, 3.63) is 54.0 Å². The number of carbonyl (C=O) groups excluding carboxylic acids is 1. The summed E-state index contributed by atoms with van der Waals surface area (Å²) in [6, 6.07) is 8.29. The van der Waals surface area contributed by atoms with E-state index < -0.39 is 24.7 Å². The maximum atomic E-state index is 12.7. The smallest absolute Gasteiger partial charge is 0.411 e. The normalized spacial score (nSPS) is 12.8. The predicted molar refractivity (Wildman–Crippen MR) is 102 cm³/mol. The number of nitrogens with one attached hydrogen (secondary N) is 1. The van der Waals surface area contributed by atoms with E-state index in [0.717, 1.165) is 5.39 Å². The fraction of sp³-hybridized carbons (Fsp3) is 0.316. The van der Waals surface area contributed by atoms with Crippen LogP contribution in [0.3, 0.4) is 0 Å². The fourth-order valence-corrected chi connectivity index (χ4v) is 3.44. The van der Waals surface area contributed by atoms with Gasteiger partial charge in [-0.15, -0.1) is 0 Å². The molecule has 1 N–H and O–H groups in total. The van der Waals surface area contributed by atoms with Crippen LogP contribution in [0.4, 0.5) is 13.2 Å². The van der Waals surface area contributed by atoms with Crippen LogP contribution in [-0.2, 0) is 10.5 Å². The van der Waals surface area contributed by atoms with Gasteiger partial charge >= 0.3 is 6.18 Å². The van der Waals surface area contributed by atoms with Gasteiger partial charge in [0.05, 0.1) is 6.61 Å². The molecule has 3 aromatic rings. The minimum atomic E-state index is -4.41. The molecule has 10 heteroatoms. The van der Waals surface area contributed by atoms with E-state index in [1.807, 2.05) is 12.1 Å². The van der Waals surface area contributed by atoms with E-state index in [1.165, 1.54) is 11.8 Å². The van der Waals surface area contributed by atoms with Crippen molar-refractivity contribution in [3.63, 3.8) is 0 Å². The highest BCUT2D eigenvalue weighted by Crippen LogP contribution is 2.31. The van der Waals surface area contributed by atoms with Crippen molar-refractivity contribution in [1.29, 1.82) is 0 Å². The lowest BCUT2D eigenvalue weighted by Crippen LogP contribution is -2.37. The SMILES string of the molecule is CC(COCC(F)(F)F)NC(=O)c1oc2ccccc2c1CSc1ncccn1. The third-order valence-corrected chi connectivity index (χ3v) is 4.71. The zero-order valence-electron chi connectivity index (χ0n) is 15.4. The Kier molecular flexibility index (Phi) is 6.75. The number of halogens is 3. The van der Waals surface area contributed by atoms with E-state index in [2.05, 4.69) is 20.0 Å². The largest absolute Gasteiger partial charge is 0.451 e. The average molecular weight is 425 g/mol. The number of fused-ring (bicyclic) bond motifs is 1. The first kappa shape index (κ1) is 21.1. The first-order valence-corrected chi connectivity index (χ1v) is 9.67. The van der Waals surface area contributed by atoms with Gasteiger partial charge in [-0.1, -0.05) is 30.0 Å². The molecule has 0 fully saturated rings. The number of hydrogen-bond donors (Lipinski definition) is 1. The molecule has 0 radical (unpaired) electrons. The summed E-state index contributed by atoms with van der Waals surface area (Å²) < 4.78 is 46.9. The average Bonchev–Trinajstić information content (AvgIpc) is 3.05. The second-order valence-electron chi connectivity index (χ2n) is 6.23. The number of amides is 1. The molecule has 2 aromatic heterocycles. The second-order valence-corrected chi connectivity index (χ2v) is 7.17. The minimum Gasteiger partial charge on any atom is -0.451 e. The predicted octanol–water partition coefficient (Wildman–Crippen LogP) is 4.21. The third-order valence-electron chi connectivity index (χ3n) is 3.80. The number of hydrogen-bond acceptors (Lipinski definition) is 6. The van der Waals surface area contributed by atoms with E-state index in [1.54, 1.807) is 37.5 Å². The molecule has 0 saturated heterocycles. The van der Waals surface area contributed by atoms with Crippen molar-refractivity contribution >= 4 is 28.6 Å². The molecule has 1 atom stereocenters. The Morgan fingerprint density at radius 1 is 1.24 bits per heavy atom. The molecule has 1 aromatic carbocycles. The Morgan fingerprint density at radius 2 is 1.97 bits per heavy atom. The van der Waals surface area contributed by atoms with E-state index >= 15 is 0 Å². The van der Waals surface area contributed by atoms with Gasteiger partial charge in [0.25, 0.3) is 5.91 Å². The molecule has 0 bridgehead atoms. The number of thioether (sulfide) groups is 1. The maximum Gasteiger partial charge on any atom is 0.411 e. The van der Waals surface area contributed by atoms with E-state index in [9.17, 15) is 18.0 Å². The van der Waals surface area contributed by atoms with Gasteiger partial charge in [-0.3, -0.25) is 4.79 Å². The second kappa shape index (κ2) is 9.27. The number of alkyl halides is 3. The molecule has 0 aliphatic rings. The van der Waals surface area contributed by atoms with Gasteiger partial charge < -0.3 is 14.5 Å². The van der Waals surface area contributed by atoms with Crippen molar-refractivity contribution in [3.8, 4) is 0 Å². The zero-order valence-corrected chi connectivity index (χ0v) is 16.2. The summed E-state index contributed by atoms with van der Waals surface area (Å²) in [5, 5.41) is 3.95. The number of rotatable bonds is 8. The van der Waals surface area contributed by atoms with E-state index in [-0.39, 0.29) is 12.4 Å². The summed E-state index contributed by atoms with van der Waals surface area (Å²) in [7, 11) is 0. The highest BCUT2D eigenvalue weighted by Gasteiger charge is 2.28. The lowest BCUT2D eigenvalue weighted by atomic mass is 10.1. The lowest BCUT2D eigenvalue weighted by Gasteiger charge is -2.15. The van der Waals surface area contributed by atoms with E-state index in [0.29, 0.717) is 22.1 Å². The number of nitrogens with zero attached hydrogens (tertiary/aromatic N) is 2. The number of carbonyl (C=O) groups is 1. The first-order valence-electron chi connectivity index (χ1n) is 8.69. The molecule has 1 amide bonds. The molecule has 154 valence electrons. The monoisotopic (exact) mass is 425 g/mol. The van der Waals surface area contributed by atoms with Gasteiger partial charge in [-0.2, -0.15) is 13.2 Å². The molecule has 2 heterocycles. The highest BCUT2D eigenvalue weighted by molar-refractivity contribution is 7.98. The highest BCUT2D eigenvalue weighted by atomic mass is 32.2. The van der Waals surface area contributed by atoms with Gasteiger partial charge in [-0.25, -0.2) is 9.97 Å². The molecule has 6 nitrogen and oxygen atoms in total. The van der Waals surface area contributed by atoms with Crippen LogP contribution in [0.5, 0.6) is 0 Å². The van der Waals surface area contributed by atoms with Gasteiger partial charge in [-0.05, 0) is 19.1 Å². The van der Waals surface area contributed by atoms with Crippen molar-refractivity contribution in [2.24, 2.45) is 0 Å². The molecule has 0 saturated carbocycles. The summed E-state index contributed by atoms with van der Waals surface area (Å²) in [5.74, 6) is -0.0193. The van der Waals surface area contributed by atoms with Crippen molar-refractivity contribution < 1.29 is 27.1 Å². The van der Waals surface area contributed by atoms with Crippen LogP contribution in [0.25, 0.3) is 11.0 Å². The van der Waals surface area contributed by atoms with Gasteiger partial charge in [0, 0.05) is 35.1 Å². The molecule has 1 unspecified atom stereocenters. The van der Waals surface area contributed by atoms with Crippen molar-refractivity contribution in [2.75, 3.05) is 13.2 Å². The number of para-hydroxylation sites is 1. The fourth-order valence-electron chi connectivity index (χ4n) is 2.60. The van der Waals surface area contributed by atoms with Crippen LogP contribution in [0.1, 0.15) is 23.0 Å². The Bertz CT molecular complexity index is 963. The molecule has 29 heavy (non-hydrogen) atoms. The van der Waals surface area contributed by atoms with Crippen molar-refractivity contribution in [2.45, 2.75) is 30.1 Å². The quantitative estimate of drug-likeness (QED) is 0.430. The van der Waals surface area contributed by atoms with Crippen LogP contribution >= 0.6 is 11.8 Å². The van der Waals surface area contributed by atoms with Gasteiger partial charge in [0.1, 0.15) is 12.2 Å². The molecule has 0 spiro atoms. The summed E-state index contributed by atoms with van der Waals surface area (Å²) >= 11 is 1.35. The third kappa shape index (κ3) is 5.94. The van der Waals surface area contributed by atoms with Crippen LogP contribution in [0, 0.1) is 0 Å². The Balaban J connectivity index is 1.72. The topological polar surface area (TPSA) is 77.2 Å². The van der Waals surface area contributed by atoms with E-state index in [4.69, 9.17) is 4.42 Å². The Labute approximate surface area is 168 Å². The molecule has 0 aliphatic heterocycles. The van der Waals surface area contributed by atoms with Crippen molar-refractivity contribution in [1.82, 2.24) is 15.3 Å². The summed E-state index contributed by atoms with van der Waals surface area (Å²) in [4.78, 5) is 21.0. The Morgan fingerprint density at radius 3 is 2.69 bits per heavy atom. The van der Waals surface area contributed by atoms with Crippen LogP contribution in [-0.4, -0.2) is 41.3 Å². The molecular weight excluding hydrogens is 407 g/mol. The first-order chi connectivity index (χ1) is 13.8. The molecular formula is C19H18F3N3O3S. The number of ether oxygens (including phenoxy) is 1. The summed E-state index contributed by atoms with van der Waals surface area (Å²) in [6.07, 6.45) is -1.16. The molecule has 3 rings (SSSR count). The number of furan rings is 1. The minimum absolute atomic E-state index is 0.109. The standard InChI is InChI=1S/C19H18F3N3O3S/c1-12(9-27-11-19(20,21)22)25-17(26)16-14(10-29-18-23-7-4-8-24-18)13-5-2-3-6-15(13)28-16/h2-8,12H,9-11H2,1H3,(H,25,26). The molecule has 0 aliphatic carbocycles. The summed E-state index contributed by atoms with van der Waals surface area (Å²) in [6.45, 7) is -0.0760. The van der Waals surface area contributed by atoms with Crippen LogP contribution < -0.4 is 5.32 Å². The maximum absolute atomic E-state index is 12.7. The van der Waals surface area contributed by atoms with Gasteiger partial charge in [0.2, 0.25) is 0 Å². The van der Waals surface area contributed by atoms with Crippen LogP contribution in [0.15, 0.2) is 52.3 Å². The lowest BCUT2D eigenvalue weighted by molar-refractivity contribution is -0.174. The number of aromatic nitrogens is 2. The number of benzene rings is 1. The Hall–Kier alpha value is -2.59.